The number of carbonyl (C=O) groups is 1. The number of alkyl halides is 2. The molecule has 0 aliphatic rings. The molecule has 78 valence electrons. The summed E-state index contributed by atoms with van der Waals surface area (Å²) in [6, 6.07) is 2.61. The number of rotatable bonds is 2. The van der Waals surface area contributed by atoms with Crippen LogP contribution >= 0.6 is 11.6 Å². The highest BCUT2D eigenvalue weighted by Crippen LogP contribution is 2.26. The Labute approximate surface area is 89.3 Å². The summed E-state index contributed by atoms with van der Waals surface area (Å²) in [7, 11) is 0. The van der Waals surface area contributed by atoms with Crippen LogP contribution in [0.2, 0.25) is 0 Å². The first-order valence-electron chi connectivity index (χ1n) is 3.87. The molecule has 0 fully saturated rings. The Morgan fingerprint density at radius 2 is 2.27 bits per heavy atom. The van der Waals surface area contributed by atoms with Gasteiger partial charge in [0.15, 0.2) is 5.69 Å². The molecule has 0 radical (unpaired) electrons. The van der Waals surface area contributed by atoms with E-state index in [0.717, 1.165) is 6.07 Å². The third kappa shape index (κ3) is 2.28. The molecule has 0 bridgehead atoms. The fraction of sp³-hybridized carbons (Fsp3) is 0.222. The normalized spacial score (nSPS) is 10.1. The van der Waals surface area contributed by atoms with Crippen LogP contribution in [0.15, 0.2) is 6.07 Å². The molecule has 0 saturated carbocycles. The molecule has 15 heavy (non-hydrogen) atoms. The second kappa shape index (κ2) is 4.32. The number of nitriles is 1. The third-order valence-electron chi connectivity index (χ3n) is 1.72. The summed E-state index contributed by atoms with van der Waals surface area (Å²) in [6.07, 6.45) is -2.86. The Bertz CT molecular complexity index is 454. The molecule has 0 aromatic carbocycles. The van der Waals surface area contributed by atoms with Gasteiger partial charge in [-0.1, -0.05) is 0 Å². The van der Waals surface area contributed by atoms with Crippen molar-refractivity contribution in [1.29, 1.82) is 5.26 Å². The maximum absolute atomic E-state index is 12.5. The number of hydrogen-bond donors (Lipinski definition) is 0. The smallest absolute Gasteiger partial charge is 0.264 e. The van der Waals surface area contributed by atoms with Gasteiger partial charge < -0.3 is 0 Å². The van der Waals surface area contributed by atoms with Gasteiger partial charge in [-0.3, -0.25) is 4.79 Å². The molecule has 0 aliphatic carbocycles. The van der Waals surface area contributed by atoms with Crippen molar-refractivity contribution in [3.63, 3.8) is 0 Å². The summed E-state index contributed by atoms with van der Waals surface area (Å²) in [5, 5.41) is 7.53. The van der Waals surface area contributed by atoms with Crippen LogP contribution in [0.5, 0.6) is 0 Å². The van der Waals surface area contributed by atoms with E-state index in [9.17, 15) is 13.6 Å². The van der Waals surface area contributed by atoms with Crippen molar-refractivity contribution in [2.45, 2.75) is 13.3 Å². The number of aryl methyl sites for hydroxylation is 1. The molecule has 0 N–H and O–H groups in total. The van der Waals surface area contributed by atoms with Crippen LogP contribution in [0.4, 0.5) is 8.78 Å². The molecule has 0 atom stereocenters. The summed E-state index contributed by atoms with van der Waals surface area (Å²) in [6.45, 7) is 1.45. The average Bonchev–Trinajstić information content (AvgIpc) is 2.15. The van der Waals surface area contributed by atoms with Crippen LogP contribution in [0, 0.1) is 18.3 Å². The maximum Gasteiger partial charge on any atom is 0.264 e. The van der Waals surface area contributed by atoms with E-state index in [2.05, 4.69) is 4.98 Å². The predicted octanol–water partition coefficient (Wildman–Crippen LogP) is 2.58. The Kier molecular flexibility index (Phi) is 3.32. The maximum atomic E-state index is 12.5. The SMILES string of the molecule is Cc1cc(C(F)F)c(C(=O)Cl)c(C#N)n1. The van der Waals surface area contributed by atoms with E-state index in [1.807, 2.05) is 0 Å². The number of halogens is 3. The molecule has 0 amide bonds. The van der Waals surface area contributed by atoms with Gasteiger partial charge in [0.05, 0.1) is 5.56 Å². The molecule has 0 saturated heterocycles. The first-order chi connectivity index (χ1) is 6.97. The van der Waals surface area contributed by atoms with E-state index < -0.39 is 22.8 Å². The largest absolute Gasteiger partial charge is 0.275 e. The van der Waals surface area contributed by atoms with Crippen molar-refractivity contribution in [1.82, 2.24) is 4.98 Å². The van der Waals surface area contributed by atoms with Gasteiger partial charge in [-0.2, -0.15) is 5.26 Å². The van der Waals surface area contributed by atoms with Crippen molar-refractivity contribution in [2.24, 2.45) is 0 Å². The van der Waals surface area contributed by atoms with E-state index >= 15 is 0 Å². The van der Waals surface area contributed by atoms with Crippen LogP contribution in [-0.4, -0.2) is 10.2 Å². The van der Waals surface area contributed by atoms with Gasteiger partial charge in [0, 0.05) is 11.3 Å². The fourth-order valence-electron chi connectivity index (χ4n) is 1.16. The van der Waals surface area contributed by atoms with Crippen LogP contribution in [0.3, 0.4) is 0 Å². The Morgan fingerprint density at radius 1 is 1.67 bits per heavy atom. The molecule has 6 heteroatoms. The number of carbonyl (C=O) groups excluding carboxylic acids is 1. The molecule has 1 aromatic heterocycles. The monoisotopic (exact) mass is 230 g/mol. The summed E-state index contributed by atoms with van der Waals surface area (Å²) in [5.41, 5.74) is -1.20. The molecular weight excluding hydrogens is 226 g/mol. The molecular formula is C9H5ClF2N2O. The third-order valence-corrected chi connectivity index (χ3v) is 1.90. The lowest BCUT2D eigenvalue weighted by Crippen LogP contribution is -2.05. The molecule has 0 unspecified atom stereocenters. The number of pyridine rings is 1. The van der Waals surface area contributed by atoms with E-state index in [0.29, 0.717) is 0 Å². The van der Waals surface area contributed by atoms with Crippen LogP contribution in [0.25, 0.3) is 0 Å². The molecule has 1 heterocycles. The van der Waals surface area contributed by atoms with Gasteiger partial charge >= 0.3 is 0 Å². The Morgan fingerprint density at radius 3 is 2.67 bits per heavy atom. The first-order valence-corrected chi connectivity index (χ1v) is 4.24. The van der Waals surface area contributed by atoms with E-state index in [-0.39, 0.29) is 11.4 Å². The zero-order valence-corrected chi connectivity index (χ0v) is 8.35. The molecule has 3 nitrogen and oxygen atoms in total. The van der Waals surface area contributed by atoms with Gasteiger partial charge in [0.2, 0.25) is 0 Å². The average molecular weight is 231 g/mol. The first kappa shape index (κ1) is 11.5. The second-order valence-corrected chi connectivity index (χ2v) is 3.11. The lowest BCUT2D eigenvalue weighted by atomic mass is 10.1. The molecule has 1 aromatic rings. The van der Waals surface area contributed by atoms with Gasteiger partial charge in [-0.05, 0) is 24.6 Å². The standard InChI is InChI=1S/C9H5ClF2N2O/c1-4-2-5(9(11)12)7(8(10)15)6(3-13)14-4/h2,9H,1H3. The van der Waals surface area contributed by atoms with Crippen molar-refractivity contribution in [2.75, 3.05) is 0 Å². The summed E-state index contributed by atoms with van der Waals surface area (Å²) < 4.78 is 25.1. The highest BCUT2D eigenvalue weighted by Gasteiger charge is 2.22. The number of nitrogens with zero attached hydrogens (tertiary/aromatic N) is 2. The molecule has 1 rings (SSSR count). The van der Waals surface area contributed by atoms with E-state index in [1.165, 1.54) is 6.92 Å². The molecule has 0 spiro atoms. The predicted molar refractivity (Wildman–Crippen MR) is 48.8 cm³/mol. The van der Waals surface area contributed by atoms with Crippen LogP contribution in [0.1, 0.15) is 33.7 Å². The van der Waals surface area contributed by atoms with Crippen LogP contribution < -0.4 is 0 Å². The topological polar surface area (TPSA) is 53.8 Å². The Balaban J connectivity index is 3.56. The van der Waals surface area contributed by atoms with Gasteiger partial charge in [0.1, 0.15) is 6.07 Å². The number of aromatic nitrogens is 1. The highest BCUT2D eigenvalue weighted by molar-refractivity contribution is 6.68. The lowest BCUT2D eigenvalue weighted by molar-refractivity contribution is 0.106. The minimum absolute atomic E-state index is 0.239. The van der Waals surface area contributed by atoms with E-state index in [4.69, 9.17) is 16.9 Å². The zero-order valence-electron chi connectivity index (χ0n) is 7.59. The Hall–Kier alpha value is -1.54. The van der Waals surface area contributed by atoms with Gasteiger partial charge in [0.25, 0.3) is 11.7 Å². The fourth-order valence-corrected chi connectivity index (χ4v) is 1.36. The summed E-state index contributed by atoms with van der Waals surface area (Å²) in [4.78, 5) is 14.6. The minimum atomic E-state index is -2.86. The van der Waals surface area contributed by atoms with Gasteiger partial charge in [-0.15, -0.1) is 0 Å². The van der Waals surface area contributed by atoms with Crippen molar-refractivity contribution in [3.8, 4) is 6.07 Å². The van der Waals surface area contributed by atoms with Gasteiger partial charge in [-0.25, -0.2) is 13.8 Å². The highest BCUT2D eigenvalue weighted by atomic mass is 35.5. The minimum Gasteiger partial charge on any atom is -0.275 e. The van der Waals surface area contributed by atoms with Crippen molar-refractivity contribution >= 4 is 16.8 Å². The van der Waals surface area contributed by atoms with Crippen molar-refractivity contribution < 1.29 is 13.6 Å². The number of hydrogen-bond acceptors (Lipinski definition) is 3. The quantitative estimate of drug-likeness (QED) is 0.734. The summed E-state index contributed by atoms with van der Waals surface area (Å²) in [5.74, 6) is 0. The van der Waals surface area contributed by atoms with Crippen LogP contribution in [-0.2, 0) is 0 Å². The lowest BCUT2D eigenvalue weighted by Gasteiger charge is -2.07. The molecule has 0 aliphatic heterocycles. The van der Waals surface area contributed by atoms with Crippen molar-refractivity contribution in [3.05, 3.63) is 28.6 Å². The zero-order chi connectivity index (χ0) is 11.6. The summed E-state index contributed by atoms with van der Waals surface area (Å²) >= 11 is 5.13. The van der Waals surface area contributed by atoms with E-state index in [1.54, 1.807) is 6.07 Å². The second-order valence-electron chi connectivity index (χ2n) is 2.76.